The average molecular weight is 221 g/mol. The standard InChI is InChI=1S/C9H13F2NO3/c1-2-6(8(14)15)12-5-9(10,11)4-3-7(12)13/h6H,2-5H2,1H3,(H,14,15). The van der Waals surface area contributed by atoms with Crippen LogP contribution in [0.15, 0.2) is 0 Å². The summed E-state index contributed by atoms with van der Waals surface area (Å²) >= 11 is 0. The van der Waals surface area contributed by atoms with Crippen LogP contribution in [0.2, 0.25) is 0 Å². The number of halogens is 2. The number of aliphatic carboxylic acids is 1. The maximum atomic E-state index is 13.0. The molecule has 0 aromatic heterocycles. The van der Waals surface area contributed by atoms with Crippen LogP contribution in [0, 0.1) is 0 Å². The lowest BCUT2D eigenvalue weighted by Gasteiger charge is -2.35. The maximum Gasteiger partial charge on any atom is 0.326 e. The third kappa shape index (κ3) is 2.64. The molecule has 0 aromatic rings. The van der Waals surface area contributed by atoms with Crippen molar-refractivity contribution in [2.24, 2.45) is 0 Å². The summed E-state index contributed by atoms with van der Waals surface area (Å²) in [6.07, 6.45) is -0.633. The van der Waals surface area contributed by atoms with Gasteiger partial charge in [0, 0.05) is 12.8 Å². The molecule has 1 saturated heterocycles. The fourth-order valence-corrected chi connectivity index (χ4v) is 1.66. The minimum Gasteiger partial charge on any atom is -0.480 e. The van der Waals surface area contributed by atoms with Crippen LogP contribution in [-0.2, 0) is 9.59 Å². The zero-order valence-electron chi connectivity index (χ0n) is 8.37. The van der Waals surface area contributed by atoms with E-state index in [1.165, 1.54) is 0 Å². The average Bonchev–Trinajstić information content (AvgIpc) is 2.11. The number of carbonyl (C=O) groups excluding carboxylic acids is 1. The van der Waals surface area contributed by atoms with Crippen molar-refractivity contribution in [3.05, 3.63) is 0 Å². The molecule has 1 fully saturated rings. The van der Waals surface area contributed by atoms with Crippen LogP contribution in [0.4, 0.5) is 8.78 Å². The van der Waals surface area contributed by atoms with Crippen molar-refractivity contribution in [3.8, 4) is 0 Å². The second-order valence-electron chi connectivity index (χ2n) is 3.64. The van der Waals surface area contributed by atoms with Crippen LogP contribution in [0.1, 0.15) is 26.2 Å². The predicted octanol–water partition coefficient (Wildman–Crippen LogP) is 1.11. The van der Waals surface area contributed by atoms with Crippen molar-refractivity contribution in [3.63, 3.8) is 0 Å². The Bertz CT molecular complexity index is 281. The second kappa shape index (κ2) is 4.12. The van der Waals surface area contributed by atoms with Gasteiger partial charge in [0.1, 0.15) is 6.04 Å². The molecule has 1 aliphatic heterocycles. The summed E-state index contributed by atoms with van der Waals surface area (Å²) < 4.78 is 26.0. The number of carboxylic acids is 1. The number of amides is 1. The number of hydrogen-bond donors (Lipinski definition) is 1. The van der Waals surface area contributed by atoms with Crippen LogP contribution in [0.25, 0.3) is 0 Å². The van der Waals surface area contributed by atoms with E-state index in [-0.39, 0.29) is 12.8 Å². The number of likely N-dealkylation sites (tertiary alicyclic amines) is 1. The molecular formula is C9H13F2NO3. The van der Waals surface area contributed by atoms with Crippen molar-refractivity contribution < 1.29 is 23.5 Å². The third-order valence-electron chi connectivity index (χ3n) is 2.47. The first-order valence-electron chi connectivity index (χ1n) is 4.77. The molecule has 0 aromatic carbocycles. The second-order valence-corrected chi connectivity index (χ2v) is 3.64. The first-order valence-corrected chi connectivity index (χ1v) is 4.77. The van der Waals surface area contributed by atoms with Gasteiger partial charge in [-0.2, -0.15) is 0 Å². The summed E-state index contributed by atoms with van der Waals surface area (Å²) in [4.78, 5) is 22.8. The van der Waals surface area contributed by atoms with Gasteiger partial charge < -0.3 is 10.0 Å². The molecule has 0 aliphatic carbocycles. The van der Waals surface area contributed by atoms with Crippen LogP contribution in [0.5, 0.6) is 0 Å². The van der Waals surface area contributed by atoms with E-state index in [4.69, 9.17) is 5.11 Å². The molecule has 1 amide bonds. The van der Waals surface area contributed by atoms with Gasteiger partial charge in [-0.1, -0.05) is 6.92 Å². The Balaban J connectivity index is 2.81. The molecule has 86 valence electrons. The van der Waals surface area contributed by atoms with Gasteiger partial charge in [0.15, 0.2) is 0 Å². The molecule has 1 N–H and O–H groups in total. The maximum absolute atomic E-state index is 13.0. The van der Waals surface area contributed by atoms with Gasteiger partial charge in [-0.15, -0.1) is 0 Å². The lowest BCUT2D eigenvalue weighted by Crippen LogP contribution is -2.53. The Morgan fingerprint density at radius 1 is 1.67 bits per heavy atom. The van der Waals surface area contributed by atoms with E-state index in [9.17, 15) is 18.4 Å². The molecule has 0 radical (unpaired) electrons. The van der Waals surface area contributed by atoms with Crippen molar-refractivity contribution in [2.45, 2.75) is 38.2 Å². The van der Waals surface area contributed by atoms with Gasteiger partial charge in [-0.25, -0.2) is 13.6 Å². The van der Waals surface area contributed by atoms with Crippen LogP contribution in [-0.4, -0.2) is 40.4 Å². The van der Waals surface area contributed by atoms with E-state index in [2.05, 4.69) is 0 Å². The van der Waals surface area contributed by atoms with Crippen LogP contribution < -0.4 is 0 Å². The van der Waals surface area contributed by atoms with Gasteiger partial charge in [-0.05, 0) is 6.42 Å². The Morgan fingerprint density at radius 2 is 2.27 bits per heavy atom. The number of nitrogens with zero attached hydrogens (tertiary/aromatic N) is 1. The zero-order chi connectivity index (χ0) is 11.6. The topological polar surface area (TPSA) is 57.6 Å². The number of carbonyl (C=O) groups is 2. The fraction of sp³-hybridized carbons (Fsp3) is 0.778. The highest BCUT2D eigenvalue weighted by molar-refractivity contribution is 5.84. The molecule has 1 aliphatic rings. The minimum absolute atomic E-state index is 0.136. The smallest absolute Gasteiger partial charge is 0.326 e. The zero-order valence-corrected chi connectivity index (χ0v) is 8.37. The van der Waals surface area contributed by atoms with Gasteiger partial charge in [0.25, 0.3) is 5.92 Å². The monoisotopic (exact) mass is 221 g/mol. The molecule has 4 nitrogen and oxygen atoms in total. The van der Waals surface area contributed by atoms with Gasteiger partial charge in [-0.3, -0.25) is 4.79 Å². The highest BCUT2D eigenvalue weighted by Gasteiger charge is 2.42. The van der Waals surface area contributed by atoms with Crippen LogP contribution in [0.3, 0.4) is 0 Å². The summed E-state index contributed by atoms with van der Waals surface area (Å²) in [6.45, 7) is 0.773. The SMILES string of the molecule is CCC(C(=O)O)N1CC(F)(F)CCC1=O. The van der Waals surface area contributed by atoms with Gasteiger partial charge in [0.05, 0.1) is 6.54 Å². The summed E-state index contributed by atoms with van der Waals surface area (Å²) in [5.74, 6) is -4.70. The molecule has 6 heteroatoms. The molecule has 0 bridgehead atoms. The third-order valence-corrected chi connectivity index (χ3v) is 2.47. The normalized spacial score (nSPS) is 22.6. The van der Waals surface area contributed by atoms with E-state index in [1.807, 2.05) is 0 Å². The van der Waals surface area contributed by atoms with Gasteiger partial charge >= 0.3 is 5.97 Å². The van der Waals surface area contributed by atoms with Crippen molar-refractivity contribution in [2.75, 3.05) is 6.54 Å². The molecule has 1 unspecified atom stereocenters. The summed E-state index contributed by atoms with van der Waals surface area (Å²) in [5.41, 5.74) is 0. The number of alkyl halides is 2. The molecule has 0 spiro atoms. The minimum atomic E-state index is -2.96. The molecule has 1 atom stereocenters. The highest BCUT2D eigenvalue weighted by atomic mass is 19.3. The lowest BCUT2D eigenvalue weighted by molar-refractivity contribution is -0.161. The molecule has 1 heterocycles. The molecule has 15 heavy (non-hydrogen) atoms. The number of carboxylic acid groups (broad SMARTS) is 1. The predicted molar refractivity (Wildman–Crippen MR) is 47.6 cm³/mol. The quantitative estimate of drug-likeness (QED) is 0.776. The van der Waals surface area contributed by atoms with Gasteiger partial charge in [0.2, 0.25) is 5.91 Å². The molecule has 0 saturated carbocycles. The lowest BCUT2D eigenvalue weighted by atomic mass is 10.0. The Morgan fingerprint density at radius 3 is 2.73 bits per heavy atom. The van der Waals surface area contributed by atoms with Crippen LogP contribution >= 0.6 is 0 Å². The number of rotatable bonds is 3. The summed E-state index contributed by atoms with van der Waals surface area (Å²) in [7, 11) is 0. The molecular weight excluding hydrogens is 208 g/mol. The molecule has 1 rings (SSSR count). The van der Waals surface area contributed by atoms with E-state index in [0.29, 0.717) is 0 Å². The number of piperidine rings is 1. The summed E-state index contributed by atoms with van der Waals surface area (Å²) in [5, 5.41) is 8.77. The van der Waals surface area contributed by atoms with E-state index in [0.717, 1.165) is 4.90 Å². The fourth-order valence-electron chi connectivity index (χ4n) is 1.66. The first kappa shape index (κ1) is 11.9. The Hall–Kier alpha value is -1.20. The number of hydrogen-bond acceptors (Lipinski definition) is 2. The van der Waals surface area contributed by atoms with E-state index >= 15 is 0 Å². The first-order chi connectivity index (χ1) is 6.87. The van der Waals surface area contributed by atoms with E-state index in [1.54, 1.807) is 6.92 Å². The van der Waals surface area contributed by atoms with E-state index < -0.39 is 36.8 Å². The van der Waals surface area contributed by atoms with Crippen molar-refractivity contribution in [1.82, 2.24) is 4.90 Å². The highest BCUT2D eigenvalue weighted by Crippen LogP contribution is 2.29. The Labute approximate surface area is 85.9 Å². The van der Waals surface area contributed by atoms with Crippen molar-refractivity contribution >= 4 is 11.9 Å². The summed E-state index contributed by atoms with van der Waals surface area (Å²) in [6, 6.07) is -1.14. The van der Waals surface area contributed by atoms with Crippen molar-refractivity contribution in [1.29, 1.82) is 0 Å². The largest absolute Gasteiger partial charge is 0.480 e. The Kier molecular flexibility index (Phi) is 3.26.